The van der Waals surface area contributed by atoms with Crippen molar-refractivity contribution in [3.63, 3.8) is 0 Å². The van der Waals surface area contributed by atoms with Crippen molar-refractivity contribution in [1.29, 1.82) is 0 Å². The number of ether oxygens (including phenoxy) is 2. The van der Waals surface area contributed by atoms with E-state index in [1.807, 2.05) is 19.1 Å². The van der Waals surface area contributed by atoms with E-state index in [1.165, 1.54) is 0 Å². The van der Waals surface area contributed by atoms with Crippen LogP contribution < -0.4 is 20.1 Å². The summed E-state index contributed by atoms with van der Waals surface area (Å²) in [7, 11) is 1.59. The fourth-order valence-corrected chi connectivity index (χ4v) is 2.83. The van der Waals surface area contributed by atoms with E-state index >= 15 is 0 Å². The molecule has 2 N–H and O–H groups in total. The molecule has 0 aliphatic heterocycles. The summed E-state index contributed by atoms with van der Waals surface area (Å²) in [6.45, 7) is 4.06. The average Bonchev–Trinajstić information content (AvgIpc) is 2.62. The van der Waals surface area contributed by atoms with Crippen LogP contribution in [0.3, 0.4) is 0 Å². The molecule has 0 aliphatic carbocycles. The number of methoxy groups -OCH3 is 1. The van der Waals surface area contributed by atoms with Gasteiger partial charge >= 0.3 is 0 Å². The number of halogens is 1. The van der Waals surface area contributed by atoms with Gasteiger partial charge in [0.2, 0.25) is 0 Å². The first kappa shape index (κ1) is 20.2. The average molecular weight is 437 g/mol. The third kappa shape index (κ3) is 5.71. The van der Waals surface area contributed by atoms with Gasteiger partial charge in [-0.05, 0) is 84.0 Å². The fraction of sp³-hybridized carbons (Fsp3) is 0.263. The van der Waals surface area contributed by atoms with Crippen LogP contribution >= 0.6 is 28.1 Å². The highest BCUT2D eigenvalue weighted by atomic mass is 79.9. The molecule has 0 saturated heterocycles. The lowest BCUT2D eigenvalue weighted by molar-refractivity contribution is 0.0977. The van der Waals surface area contributed by atoms with Gasteiger partial charge in [-0.15, -0.1) is 0 Å². The van der Waals surface area contributed by atoms with Crippen LogP contribution in [0, 0.1) is 0 Å². The van der Waals surface area contributed by atoms with Gasteiger partial charge in [-0.2, -0.15) is 0 Å². The topological polar surface area (TPSA) is 59.6 Å². The van der Waals surface area contributed by atoms with Crippen molar-refractivity contribution < 1.29 is 14.3 Å². The molecule has 1 atom stereocenters. The lowest BCUT2D eigenvalue weighted by Gasteiger charge is -2.13. The van der Waals surface area contributed by atoms with Gasteiger partial charge < -0.3 is 14.8 Å². The third-order valence-electron chi connectivity index (χ3n) is 3.67. The Morgan fingerprint density at radius 2 is 1.92 bits per heavy atom. The second kappa shape index (κ2) is 9.54. The maximum Gasteiger partial charge on any atom is 0.257 e. The van der Waals surface area contributed by atoms with Gasteiger partial charge in [-0.3, -0.25) is 10.1 Å². The van der Waals surface area contributed by atoms with Crippen LogP contribution in [0.4, 0.5) is 5.69 Å². The molecule has 7 heteroatoms. The van der Waals surface area contributed by atoms with Crippen LogP contribution in [0.25, 0.3) is 0 Å². The second-order valence-corrected chi connectivity index (χ2v) is 6.88. The Balaban J connectivity index is 1.94. The molecular weight excluding hydrogens is 416 g/mol. The SMILES string of the molecule is CCC(C)Oc1ccc(C(=O)NC(=S)Nc2ccc(OC)c(Br)c2)cc1. The maximum absolute atomic E-state index is 12.3. The Labute approximate surface area is 167 Å². The Morgan fingerprint density at radius 3 is 2.50 bits per heavy atom. The zero-order valence-corrected chi connectivity index (χ0v) is 17.2. The largest absolute Gasteiger partial charge is 0.496 e. The standard InChI is InChI=1S/C19H21BrN2O3S/c1-4-12(2)25-15-8-5-13(6-9-15)18(23)22-19(26)21-14-7-10-17(24-3)16(20)11-14/h5-12H,4H2,1-3H3,(H2,21,22,23,26). The van der Waals surface area contributed by atoms with Crippen LogP contribution in [0.5, 0.6) is 11.5 Å². The zero-order chi connectivity index (χ0) is 19.1. The first-order valence-electron chi connectivity index (χ1n) is 8.15. The molecule has 1 unspecified atom stereocenters. The molecule has 138 valence electrons. The lowest BCUT2D eigenvalue weighted by atomic mass is 10.2. The highest BCUT2D eigenvalue weighted by molar-refractivity contribution is 9.10. The molecule has 0 radical (unpaired) electrons. The minimum atomic E-state index is -0.287. The first-order valence-corrected chi connectivity index (χ1v) is 9.35. The van der Waals surface area contributed by atoms with Gasteiger partial charge in [0.05, 0.1) is 17.7 Å². The second-order valence-electron chi connectivity index (χ2n) is 5.62. The summed E-state index contributed by atoms with van der Waals surface area (Å²) in [5.41, 5.74) is 1.24. The molecule has 5 nitrogen and oxygen atoms in total. The molecule has 0 aromatic heterocycles. The number of rotatable bonds is 6. The first-order chi connectivity index (χ1) is 12.4. The van der Waals surface area contributed by atoms with E-state index in [0.717, 1.165) is 22.3 Å². The minimum absolute atomic E-state index is 0.135. The molecule has 26 heavy (non-hydrogen) atoms. The molecule has 0 aliphatic rings. The summed E-state index contributed by atoms with van der Waals surface area (Å²) < 4.78 is 11.7. The molecule has 1 amide bonds. The van der Waals surface area contributed by atoms with E-state index in [2.05, 4.69) is 33.5 Å². The molecule has 0 bridgehead atoms. The molecule has 2 aromatic carbocycles. The van der Waals surface area contributed by atoms with Crippen molar-refractivity contribution >= 4 is 44.9 Å². The van der Waals surface area contributed by atoms with Gasteiger partial charge in [0.15, 0.2) is 5.11 Å². The summed E-state index contributed by atoms with van der Waals surface area (Å²) in [5, 5.41) is 5.84. The van der Waals surface area contributed by atoms with Gasteiger partial charge in [-0.1, -0.05) is 6.92 Å². The molecular formula is C19H21BrN2O3S. The normalized spacial score (nSPS) is 11.4. The van der Waals surface area contributed by atoms with E-state index in [-0.39, 0.29) is 17.1 Å². The number of anilines is 1. The van der Waals surface area contributed by atoms with Crippen molar-refractivity contribution in [3.05, 3.63) is 52.5 Å². The van der Waals surface area contributed by atoms with Gasteiger partial charge in [0.1, 0.15) is 11.5 Å². The van der Waals surface area contributed by atoms with Crippen molar-refractivity contribution in [2.75, 3.05) is 12.4 Å². The summed E-state index contributed by atoms with van der Waals surface area (Å²) in [6.07, 6.45) is 1.05. The Kier molecular flexibility index (Phi) is 7.41. The number of hydrogen-bond donors (Lipinski definition) is 2. The molecule has 0 saturated carbocycles. The minimum Gasteiger partial charge on any atom is -0.496 e. The zero-order valence-electron chi connectivity index (χ0n) is 14.8. The quantitative estimate of drug-likeness (QED) is 0.639. The number of carbonyl (C=O) groups excluding carboxylic acids is 1. The summed E-state index contributed by atoms with van der Waals surface area (Å²) in [5.74, 6) is 1.16. The van der Waals surface area contributed by atoms with E-state index in [1.54, 1.807) is 37.4 Å². The molecule has 2 aromatic rings. The van der Waals surface area contributed by atoms with E-state index in [0.29, 0.717) is 11.3 Å². The number of benzene rings is 2. The monoisotopic (exact) mass is 436 g/mol. The van der Waals surface area contributed by atoms with Crippen molar-refractivity contribution in [2.24, 2.45) is 0 Å². The number of hydrogen-bond acceptors (Lipinski definition) is 4. The fourth-order valence-electron chi connectivity index (χ4n) is 2.08. The summed E-state index contributed by atoms with van der Waals surface area (Å²) >= 11 is 8.61. The number of carbonyl (C=O) groups is 1. The third-order valence-corrected chi connectivity index (χ3v) is 4.49. The number of thiocarbonyl (C=S) groups is 1. The number of nitrogens with one attached hydrogen (secondary N) is 2. The molecule has 0 fully saturated rings. The highest BCUT2D eigenvalue weighted by Crippen LogP contribution is 2.27. The van der Waals surface area contributed by atoms with Crippen LogP contribution in [0.15, 0.2) is 46.9 Å². The predicted octanol–water partition coefficient (Wildman–Crippen LogP) is 4.76. The summed E-state index contributed by atoms with van der Waals surface area (Å²) in [4.78, 5) is 12.3. The number of amides is 1. The van der Waals surface area contributed by atoms with Gasteiger partial charge in [-0.25, -0.2) is 0 Å². The van der Waals surface area contributed by atoms with E-state index in [4.69, 9.17) is 21.7 Å². The Hall–Kier alpha value is -2.12. The molecule has 2 rings (SSSR count). The molecule has 0 heterocycles. The highest BCUT2D eigenvalue weighted by Gasteiger charge is 2.10. The smallest absolute Gasteiger partial charge is 0.257 e. The van der Waals surface area contributed by atoms with Crippen LogP contribution in [-0.4, -0.2) is 24.2 Å². The maximum atomic E-state index is 12.3. The Bertz CT molecular complexity index is 781. The van der Waals surface area contributed by atoms with Crippen LogP contribution in [0.1, 0.15) is 30.6 Å². The van der Waals surface area contributed by atoms with E-state index in [9.17, 15) is 4.79 Å². The van der Waals surface area contributed by atoms with Crippen molar-refractivity contribution in [1.82, 2.24) is 5.32 Å². The Morgan fingerprint density at radius 1 is 1.23 bits per heavy atom. The van der Waals surface area contributed by atoms with Crippen LogP contribution in [-0.2, 0) is 0 Å². The van der Waals surface area contributed by atoms with Crippen LogP contribution in [0.2, 0.25) is 0 Å². The lowest BCUT2D eigenvalue weighted by Crippen LogP contribution is -2.34. The van der Waals surface area contributed by atoms with Gasteiger partial charge in [0.25, 0.3) is 5.91 Å². The summed E-state index contributed by atoms with van der Waals surface area (Å²) in [6, 6.07) is 12.4. The van der Waals surface area contributed by atoms with Gasteiger partial charge in [0, 0.05) is 11.3 Å². The van der Waals surface area contributed by atoms with E-state index < -0.39 is 0 Å². The predicted molar refractivity (Wildman–Crippen MR) is 111 cm³/mol. The van der Waals surface area contributed by atoms with Crippen molar-refractivity contribution in [2.45, 2.75) is 26.4 Å². The molecule has 0 spiro atoms. The van der Waals surface area contributed by atoms with Crippen molar-refractivity contribution in [3.8, 4) is 11.5 Å².